The second-order valence-corrected chi connectivity index (χ2v) is 6.99. The first kappa shape index (κ1) is 18.4. The van der Waals surface area contributed by atoms with Crippen LogP contribution >= 0.6 is 11.3 Å². The number of aliphatic carboxylic acids is 1. The molecule has 2 N–H and O–H groups in total. The van der Waals surface area contributed by atoms with E-state index in [0.717, 1.165) is 36.3 Å². The van der Waals surface area contributed by atoms with Gasteiger partial charge in [0, 0.05) is 17.0 Å². The van der Waals surface area contributed by atoms with Gasteiger partial charge in [0.1, 0.15) is 6.04 Å². The summed E-state index contributed by atoms with van der Waals surface area (Å²) < 4.78 is 26.3. The van der Waals surface area contributed by atoms with Crippen molar-refractivity contribution < 1.29 is 23.5 Å². The highest BCUT2D eigenvalue weighted by Crippen LogP contribution is 2.29. The van der Waals surface area contributed by atoms with Crippen LogP contribution in [0.4, 0.5) is 13.9 Å². The summed E-state index contributed by atoms with van der Waals surface area (Å²) in [5, 5.41) is 13.7. The first-order chi connectivity index (χ1) is 12.3. The molecule has 1 atom stereocenters. The Morgan fingerprint density at radius 2 is 2.12 bits per heavy atom. The summed E-state index contributed by atoms with van der Waals surface area (Å²) in [6, 6.07) is 2.83. The van der Waals surface area contributed by atoms with Crippen molar-refractivity contribution >= 4 is 28.3 Å². The zero-order chi connectivity index (χ0) is 18.8. The van der Waals surface area contributed by atoms with Crippen molar-refractivity contribution in [3.05, 3.63) is 35.2 Å². The molecule has 1 aromatic heterocycles. The highest BCUT2D eigenvalue weighted by Gasteiger charge is 2.36. The van der Waals surface area contributed by atoms with E-state index in [1.165, 1.54) is 6.07 Å². The number of hydrogen-bond acceptors (Lipinski definition) is 5. The van der Waals surface area contributed by atoms with Crippen molar-refractivity contribution in [1.82, 2.24) is 9.88 Å². The summed E-state index contributed by atoms with van der Waals surface area (Å²) in [6.45, 7) is 1.51. The van der Waals surface area contributed by atoms with Crippen LogP contribution in [0.3, 0.4) is 0 Å². The van der Waals surface area contributed by atoms with E-state index in [2.05, 4.69) is 10.3 Å². The fraction of sp³-hybridized carbons (Fsp3) is 0.353. The summed E-state index contributed by atoms with van der Waals surface area (Å²) >= 11 is 1.15. The van der Waals surface area contributed by atoms with Gasteiger partial charge in [-0.05, 0) is 38.0 Å². The van der Waals surface area contributed by atoms with Gasteiger partial charge in [0.15, 0.2) is 16.8 Å². The zero-order valence-electron chi connectivity index (χ0n) is 13.9. The molecule has 1 unspecified atom stereocenters. The molecule has 6 nitrogen and oxygen atoms in total. The average molecular weight is 381 g/mol. The van der Waals surface area contributed by atoms with E-state index in [4.69, 9.17) is 5.11 Å². The molecule has 0 aliphatic heterocycles. The average Bonchev–Trinajstić information content (AvgIpc) is 3.33. The molecular weight excluding hydrogens is 364 g/mol. The molecule has 0 radical (unpaired) electrons. The standard InChI is InChI=1S/C17H17F2N3O3S/c1-9(16(24)25)22(11-3-4-11)7-15(23)21-17-20-14(8-26-17)10-2-5-12(18)13(19)6-10/h2,5-6,8-9,11H,3-4,7H2,1H3,(H,24,25)(H,20,21,23). The molecule has 26 heavy (non-hydrogen) atoms. The molecule has 0 spiro atoms. The molecule has 1 aromatic carbocycles. The minimum atomic E-state index is -0.973. The van der Waals surface area contributed by atoms with Crippen LogP contribution in [0.25, 0.3) is 11.3 Å². The highest BCUT2D eigenvalue weighted by molar-refractivity contribution is 7.14. The minimum Gasteiger partial charge on any atom is -0.480 e. The van der Waals surface area contributed by atoms with Gasteiger partial charge < -0.3 is 10.4 Å². The molecule has 1 aliphatic rings. The lowest BCUT2D eigenvalue weighted by molar-refractivity contribution is -0.143. The number of rotatable bonds is 7. The second-order valence-electron chi connectivity index (χ2n) is 6.13. The Kier molecular flexibility index (Phi) is 5.28. The topological polar surface area (TPSA) is 82.5 Å². The van der Waals surface area contributed by atoms with Gasteiger partial charge >= 0.3 is 5.97 Å². The Balaban J connectivity index is 1.65. The molecule has 3 rings (SSSR count). The normalized spacial score (nSPS) is 15.1. The third kappa shape index (κ3) is 4.23. The number of benzene rings is 1. The maximum Gasteiger partial charge on any atom is 0.320 e. The largest absolute Gasteiger partial charge is 0.480 e. The van der Waals surface area contributed by atoms with Crippen molar-refractivity contribution in [2.24, 2.45) is 0 Å². The van der Waals surface area contributed by atoms with E-state index < -0.39 is 23.6 Å². The number of anilines is 1. The molecule has 9 heteroatoms. The lowest BCUT2D eigenvalue weighted by Gasteiger charge is -2.25. The molecule has 1 heterocycles. The Morgan fingerprint density at radius 1 is 1.38 bits per heavy atom. The number of carbonyl (C=O) groups excluding carboxylic acids is 1. The Bertz CT molecular complexity index is 838. The Morgan fingerprint density at radius 3 is 2.73 bits per heavy atom. The van der Waals surface area contributed by atoms with Crippen molar-refractivity contribution in [1.29, 1.82) is 0 Å². The van der Waals surface area contributed by atoms with Gasteiger partial charge in [-0.3, -0.25) is 14.5 Å². The number of hydrogen-bond donors (Lipinski definition) is 2. The van der Waals surface area contributed by atoms with Crippen molar-refractivity contribution in [2.75, 3.05) is 11.9 Å². The van der Waals surface area contributed by atoms with Crippen LogP contribution in [0.1, 0.15) is 19.8 Å². The van der Waals surface area contributed by atoms with E-state index in [1.54, 1.807) is 17.2 Å². The van der Waals surface area contributed by atoms with Gasteiger partial charge in [0.25, 0.3) is 0 Å². The molecule has 1 aliphatic carbocycles. The lowest BCUT2D eigenvalue weighted by Crippen LogP contribution is -2.44. The Labute approximate surface area is 152 Å². The van der Waals surface area contributed by atoms with E-state index >= 15 is 0 Å². The predicted molar refractivity (Wildman–Crippen MR) is 92.9 cm³/mol. The van der Waals surface area contributed by atoms with Crippen molar-refractivity contribution in [3.8, 4) is 11.3 Å². The van der Waals surface area contributed by atoms with E-state index in [0.29, 0.717) is 16.4 Å². The number of aromatic nitrogens is 1. The van der Waals surface area contributed by atoms with Crippen LogP contribution < -0.4 is 5.32 Å². The number of carbonyl (C=O) groups is 2. The molecule has 0 bridgehead atoms. The molecule has 1 fully saturated rings. The van der Waals surface area contributed by atoms with Crippen LogP contribution in [-0.4, -0.2) is 45.5 Å². The van der Waals surface area contributed by atoms with Crippen LogP contribution in [0.2, 0.25) is 0 Å². The number of nitrogens with one attached hydrogen (secondary N) is 1. The Hall–Kier alpha value is -2.39. The quantitative estimate of drug-likeness (QED) is 0.771. The summed E-state index contributed by atoms with van der Waals surface area (Å²) in [6.07, 6.45) is 1.75. The van der Waals surface area contributed by atoms with Gasteiger partial charge in [0.05, 0.1) is 12.2 Å². The smallest absolute Gasteiger partial charge is 0.320 e. The number of carboxylic acids is 1. The third-order valence-electron chi connectivity index (χ3n) is 4.16. The molecular formula is C17H17F2N3O3S. The molecule has 2 aromatic rings. The number of nitrogens with zero attached hydrogens (tertiary/aromatic N) is 2. The number of thiazole rings is 1. The maximum atomic E-state index is 13.3. The van der Waals surface area contributed by atoms with Gasteiger partial charge in [-0.25, -0.2) is 13.8 Å². The van der Waals surface area contributed by atoms with Gasteiger partial charge in [-0.1, -0.05) is 0 Å². The van der Waals surface area contributed by atoms with E-state index in [1.807, 2.05) is 0 Å². The number of carboxylic acid groups (broad SMARTS) is 1. The van der Waals surface area contributed by atoms with Crippen LogP contribution in [0.15, 0.2) is 23.6 Å². The molecule has 1 saturated carbocycles. The summed E-state index contributed by atoms with van der Waals surface area (Å²) in [4.78, 5) is 29.3. The van der Waals surface area contributed by atoms with Gasteiger partial charge in [-0.2, -0.15) is 0 Å². The van der Waals surface area contributed by atoms with Gasteiger partial charge in [-0.15, -0.1) is 11.3 Å². The van der Waals surface area contributed by atoms with Gasteiger partial charge in [0.2, 0.25) is 5.91 Å². The maximum absolute atomic E-state index is 13.3. The van der Waals surface area contributed by atoms with Crippen molar-refractivity contribution in [3.63, 3.8) is 0 Å². The van der Waals surface area contributed by atoms with Crippen LogP contribution in [0, 0.1) is 11.6 Å². The zero-order valence-corrected chi connectivity index (χ0v) is 14.7. The van der Waals surface area contributed by atoms with Crippen LogP contribution in [-0.2, 0) is 9.59 Å². The fourth-order valence-corrected chi connectivity index (χ4v) is 3.31. The molecule has 0 saturated heterocycles. The second kappa shape index (κ2) is 7.46. The molecule has 138 valence electrons. The third-order valence-corrected chi connectivity index (χ3v) is 4.92. The lowest BCUT2D eigenvalue weighted by atomic mass is 10.2. The fourth-order valence-electron chi connectivity index (χ4n) is 2.57. The summed E-state index contributed by atoms with van der Waals surface area (Å²) in [5.41, 5.74) is 0.821. The van der Waals surface area contributed by atoms with Crippen LogP contribution in [0.5, 0.6) is 0 Å². The van der Waals surface area contributed by atoms with E-state index in [-0.39, 0.29) is 18.5 Å². The van der Waals surface area contributed by atoms with E-state index in [9.17, 15) is 18.4 Å². The molecule has 1 amide bonds. The first-order valence-electron chi connectivity index (χ1n) is 8.04. The summed E-state index contributed by atoms with van der Waals surface area (Å²) in [7, 11) is 0. The summed E-state index contributed by atoms with van der Waals surface area (Å²) in [5.74, 6) is -3.25. The van der Waals surface area contributed by atoms with Crippen molar-refractivity contribution in [2.45, 2.75) is 31.8 Å². The number of halogens is 2. The monoisotopic (exact) mass is 381 g/mol. The highest BCUT2D eigenvalue weighted by atomic mass is 32.1. The number of amides is 1. The first-order valence-corrected chi connectivity index (χ1v) is 8.92. The minimum absolute atomic E-state index is 0.0434. The predicted octanol–water partition coefficient (Wildman–Crippen LogP) is 2.96. The SMILES string of the molecule is CC(C(=O)O)N(CC(=O)Nc1nc(-c2ccc(F)c(F)c2)cs1)C1CC1.